The largest absolute Gasteiger partial charge is 0.283 e. The number of imide groups is 1. The summed E-state index contributed by atoms with van der Waals surface area (Å²) in [7, 11) is -3.37. The number of piperazine rings is 1. The van der Waals surface area contributed by atoms with Crippen molar-refractivity contribution >= 4 is 21.8 Å². The van der Waals surface area contributed by atoms with Crippen molar-refractivity contribution in [3.8, 4) is 0 Å². The summed E-state index contributed by atoms with van der Waals surface area (Å²) in [6, 6.07) is 9.18. The van der Waals surface area contributed by atoms with Crippen LogP contribution in [0.1, 0.15) is 44.1 Å². The van der Waals surface area contributed by atoms with Crippen LogP contribution in [0.2, 0.25) is 0 Å². The van der Waals surface area contributed by atoms with Crippen molar-refractivity contribution in [3.63, 3.8) is 0 Å². The highest BCUT2D eigenvalue weighted by molar-refractivity contribution is 7.88. The second-order valence-electron chi connectivity index (χ2n) is 8.55. The number of hydrogen-bond donors (Lipinski definition) is 0. The third-order valence-electron chi connectivity index (χ3n) is 6.56. The average molecular weight is 420 g/mol. The fourth-order valence-corrected chi connectivity index (χ4v) is 6.36. The molecule has 1 saturated carbocycles. The SMILES string of the molecule is O=C1CC2(CCCCC2)C(=O)N1CN1CCN(S(=O)(=O)Cc2ccccc2)CC1. The van der Waals surface area contributed by atoms with Gasteiger partial charge in [-0.15, -0.1) is 0 Å². The monoisotopic (exact) mass is 419 g/mol. The van der Waals surface area contributed by atoms with E-state index >= 15 is 0 Å². The number of sulfonamides is 1. The van der Waals surface area contributed by atoms with Gasteiger partial charge in [-0.1, -0.05) is 49.6 Å². The summed E-state index contributed by atoms with van der Waals surface area (Å²) in [6.45, 7) is 2.11. The molecule has 0 bridgehead atoms. The fraction of sp³-hybridized carbons (Fsp3) is 0.619. The van der Waals surface area contributed by atoms with E-state index in [-0.39, 0.29) is 24.2 Å². The van der Waals surface area contributed by atoms with Crippen LogP contribution < -0.4 is 0 Å². The van der Waals surface area contributed by atoms with Crippen LogP contribution in [0.4, 0.5) is 0 Å². The number of rotatable bonds is 5. The molecule has 3 aliphatic rings. The summed E-state index contributed by atoms with van der Waals surface area (Å²) in [5.41, 5.74) is 0.317. The molecule has 1 aromatic rings. The molecule has 1 aromatic carbocycles. The van der Waals surface area contributed by atoms with Crippen LogP contribution >= 0.6 is 0 Å². The molecule has 0 atom stereocenters. The average Bonchev–Trinajstić information content (AvgIpc) is 2.93. The first-order valence-corrected chi connectivity index (χ1v) is 12.1. The molecular weight excluding hydrogens is 390 g/mol. The number of likely N-dealkylation sites (tertiary alicyclic amines) is 1. The Balaban J connectivity index is 1.33. The Kier molecular flexibility index (Phi) is 5.77. The fourth-order valence-electron chi connectivity index (χ4n) is 4.85. The van der Waals surface area contributed by atoms with Gasteiger partial charge < -0.3 is 0 Å². The van der Waals surface area contributed by atoms with Gasteiger partial charge in [0.1, 0.15) is 0 Å². The van der Waals surface area contributed by atoms with E-state index in [1.165, 1.54) is 9.21 Å². The van der Waals surface area contributed by atoms with E-state index in [0.29, 0.717) is 32.6 Å². The molecule has 0 N–H and O–H groups in total. The Morgan fingerprint density at radius 2 is 1.55 bits per heavy atom. The highest BCUT2D eigenvalue weighted by Gasteiger charge is 2.51. The maximum absolute atomic E-state index is 13.0. The van der Waals surface area contributed by atoms with Crippen molar-refractivity contribution in [3.05, 3.63) is 35.9 Å². The Hall–Kier alpha value is -1.77. The van der Waals surface area contributed by atoms with Crippen molar-refractivity contribution in [2.45, 2.75) is 44.3 Å². The lowest BCUT2D eigenvalue weighted by Crippen LogP contribution is -2.53. The Morgan fingerprint density at radius 1 is 0.897 bits per heavy atom. The maximum atomic E-state index is 13.0. The number of carbonyl (C=O) groups is 2. The van der Waals surface area contributed by atoms with Gasteiger partial charge in [-0.25, -0.2) is 8.42 Å². The predicted molar refractivity (Wildman–Crippen MR) is 109 cm³/mol. The van der Waals surface area contributed by atoms with Crippen molar-refractivity contribution in [1.82, 2.24) is 14.1 Å². The lowest BCUT2D eigenvalue weighted by atomic mass is 9.73. The first-order valence-electron chi connectivity index (χ1n) is 10.5. The second kappa shape index (κ2) is 8.16. The third-order valence-corrected chi connectivity index (χ3v) is 8.41. The molecular formula is C21H29N3O4S. The number of nitrogens with zero attached hydrogens (tertiary/aromatic N) is 3. The minimum Gasteiger partial charge on any atom is -0.283 e. The molecule has 1 aliphatic carbocycles. The van der Waals surface area contributed by atoms with E-state index < -0.39 is 15.4 Å². The summed E-state index contributed by atoms with van der Waals surface area (Å²) in [5.74, 6) is -0.0863. The van der Waals surface area contributed by atoms with Gasteiger partial charge in [0.25, 0.3) is 0 Å². The number of hydrogen-bond acceptors (Lipinski definition) is 5. The topological polar surface area (TPSA) is 78.0 Å². The Labute approximate surface area is 172 Å². The summed E-state index contributed by atoms with van der Waals surface area (Å²) < 4.78 is 26.9. The molecule has 7 nitrogen and oxygen atoms in total. The molecule has 158 valence electrons. The van der Waals surface area contributed by atoms with Gasteiger partial charge in [0.2, 0.25) is 21.8 Å². The van der Waals surface area contributed by atoms with Crippen LogP contribution in [-0.2, 0) is 25.4 Å². The van der Waals surface area contributed by atoms with Gasteiger partial charge in [0.05, 0.1) is 17.8 Å². The van der Waals surface area contributed by atoms with E-state index in [4.69, 9.17) is 0 Å². The zero-order valence-corrected chi connectivity index (χ0v) is 17.6. The maximum Gasteiger partial charge on any atom is 0.237 e. The quantitative estimate of drug-likeness (QED) is 0.680. The van der Waals surface area contributed by atoms with Crippen LogP contribution in [0.25, 0.3) is 0 Å². The summed E-state index contributed by atoms with van der Waals surface area (Å²) in [6.07, 6.45) is 5.16. The molecule has 2 amide bonds. The molecule has 0 radical (unpaired) electrons. The molecule has 4 rings (SSSR count). The van der Waals surface area contributed by atoms with Crippen LogP contribution in [-0.4, -0.2) is 67.2 Å². The minimum atomic E-state index is -3.37. The van der Waals surface area contributed by atoms with E-state index in [2.05, 4.69) is 0 Å². The van der Waals surface area contributed by atoms with Gasteiger partial charge in [0, 0.05) is 32.6 Å². The van der Waals surface area contributed by atoms with Gasteiger partial charge >= 0.3 is 0 Å². The number of amides is 2. The smallest absolute Gasteiger partial charge is 0.237 e. The Morgan fingerprint density at radius 3 is 2.21 bits per heavy atom. The highest BCUT2D eigenvalue weighted by atomic mass is 32.2. The lowest BCUT2D eigenvalue weighted by Gasteiger charge is -2.36. The number of benzene rings is 1. The third kappa shape index (κ3) is 4.25. The second-order valence-corrected chi connectivity index (χ2v) is 10.5. The summed E-state index contributed by atoms with van der Waals surface area (Å²) >= 11 is 0. The molecule has 29 heavy (non-hydrogen) atoms. The predicted octanol–water partition coefficient (Wildman–Crippen LogP) is 1.80. The van der Waals surface area contributed by atoms with E-state index in [0.717, 1.165) is 37.7 Å². The molecule has 1 spiro atoms. The van der Waals surface area contributed by atoms with Crippen LogP contribution in [0.15, 0.2) is 30.3 Å². The lowest BCUT2D eigenvalue weighted by molar-refractivity contribution is -0.145. The van der Waals surface area contributed by atoms with Crippen molar-refractivity contribution in [2.24, 2.45) is 5.41 Å². The summed E-state index contributed by atoms with van der Waals surface area (Å²) in [4.78, 5) is 28.9. The molecule has 3 fully saturated rings. The molecule has 2 aliphatic heterocycles. The first-order chi connectivity index (χ1) is 13.9. The first kappa shape index (κ1) is 20.5. The van der Waals surface area contributed by atoms with Crippen LogP contribution in [0.3, 0.4) is 0 Å². The zero-order chi connectivity index (χ0) is 20.5. The standard InChI is InChI=1S/C21H29N3O4S/c25-19-15-21(9-5-2-6-10-21)20(26)24(19)17-22-11-13-23(14-12-22)29(27,28)16-18-7-3-1-4-8-18/h1,3-4,7-8H,2,5-6,9-17H2. The zero-order valence-electron chi connectivity index (χ0n) is 16.8. The molecule has 0 aromatic heterocycles. The van der Waals surface area contributed by atoms with Crippen LogP contribution in [0.5, 0.6) is 0 Å². The van der Waals surface area contributed by atoms with Crippen molar-refractivity contribution < 1.29 is 18.0 Å². The molecule has 0 unspecified atom stereocenters. The van der Waals surface area contributed by atoms with E-state index in [1.807, 2.05) is 35.2 Å². The molecule has 2 saturated heterocycles. The van der Waals surface area contributed by atoms with Gasteiger partial charge in [-0.05, 0) is 18.4 Å². The minimum absolute atomic E-state index is 0.000539. The highest BCUT2D eigenvalue weighted by Crippen LogP contribution is 2.45. The van der Waals surface area contributed by atoms with Gasteiger partial charge in [-0.2, -0.15) is 4.31 Å². The molecule has 2 heterocycles. The van der Waals surface area contributed by atoms with E-state index in [1.54, 1.807) is 0 Å². The van der Waals surface area contributed by atoms with Crippen LogP contribution in [0, 0.1) is 5.41 Å². The normalized spacial score (nSPS) is 23.8. The van der Waals surface area contributed by atoms with Crippen molar-refractivity contribution in [2.75, 3.05) is 32.8 Å². The van der Waals surface area contributed by atoms with Gasteiger partial charge in [0.15, 0.2) is 0 Å². The summed E-state index contributed by atoms with van der Waals surface area (Å²) in [5, 5.41) is 0. The van der Waals surface area contributed by atoms with E-state index in [9.17, 15) is 18.0 Å². The van der Waals surface area contributed by atoms with Crippen molar-refractivity contribution in [1.29, 1.82) is 0 Å². The molecule has 8 heteroatoms. The number of carbonyl (C=O) groups excluding carboxylic acids is 2. The van der Waals surface area contributed by atoms with Gasteiger partial charge in [-0.3, -0.25) is 19.4 Å². The Bertz CT molecular complexity index is 857.